The number of hydrogen-bond acceptors (Lipinski definition) is 3. The standard InChI is InChI=1S/C19H19F2NO4/c20-15-5-8-17(21)14(10-15)11-18(23)22-12-13-3-6-16(7-4-13)26-9-1-2-19(24)25/h3-8,10H,1-2,9,11-12H2,(H,22,23)(H,24,25). The molecule has 0 spiro atoms. The molecule has 2 aromatic rings. The SMILES string of the molecule is O=C(O)CCCOc1ccc(CNC(=O)Cc2cc(F)ccc2F)cc1. The van der Waals surface area contributed by atoms with Crippen molar-refractivity contribution < 1.29 is 28.2 Å². The van der Waals surface area contributed by atoms with Crippen molar-refractivity contribution in [1.29, 1.82) is 0 Å². The molecule has 0 aliphatic carbocycles. The molecule has 0 heterocycles. The van der Waals surface area contributed by atoms with E-state index in [1.54, 1.807) is 24.3 Å². The van der Waals surface area contributed by atoms with Gasteiger partial charge in [-0.2, -0.15) is 0 Å². The smallest absolute Gasteiger partial charge is 0.303 e. The molecule has 2 N–H and O–H groups in total. The maximum absolute atomic E-state index is 13.5. The fourth-order valence-electron chi connectivity index (χ4n) is 2.23. The van der Waals surface area contributed by atoms with Gasteiger partial charge in [-0.3, -0.25) is 9.59 Å². The van der Waals surface area contributed by atoms with Crippen LogP contribution in [0.1, 0.15) is 24.0 Å². The van der Waals surface area contributed by atoms with Crippen molar-refractivity contribution in [3.8, 4) is 5.75 Å². The Morgan fingerprint density at radius 3 is 2.50 bits per heavy atom. The second-order valence-electron chi connectivity index (χ2n) is 5.68. The van der Waals surface area contributed by atoms with Crippen molar-refractivity contribution in [3.05, 3.63) is 65.2 Å². The first-order valence-corrected chi connectivity index (χ1v) is 8.08. The maximum Gasteiger partial charge on any atom is 0.303 e. The third-order valence-corrected chi connectivity index (χ3v) is 3.58. The number of hydrogen-bond donors (Lipinski definition) is 2. The average molecular weight is 363 g/mol. The first-order chi connectivity index (χ1) is 12.4. The van der Waals surface area contributed by atoms with E-state index in [9.17, 15) is 18.4 Å². The minimum absolute atomic E-state index is 0.00705. The zero-order valence-corrected chi connectivity index (χ0v) is 14.0. The Kier molecular flexibility index (Phi) is 7.08. The van der Waals surface area contributed by atoms with E-state index in [1.165, 1.54) is 0 Å². The Morgan fingerprint density at radius 2 is 1.81 bits per heavy atom. The molecule has 0 aliphatic heterocycles. The summed E-state index contributed by atoms with van der Waals surface area (Å²) in [5.41, 5.74) is 0.823. The zero-order valence-electron chi connectivity index (χ0n) is 14.0. The van der Waals surface area contributed by atoms with Gasteiger partial charge in [0.05, 0.1) is 13.0 Å². The predicted molar refractivity (Wildman–Crippen MR) is 90.7 cm³/mol. The van der Waals surface area contributed by atoms with Crippen molar-refractivity contribution in [2.75, 3.05) is 6.61 Å². The van der Waals surface area contributed by atoms with Crippen molar-refractivity contribution >= 4 is 11.9 Å². The van der Waals surface area contributed by atoms with Gasteiger partial charge in [0.2, 0.25) is 5.91 Å². The first kappa shape index (κ1) is 19.4. The molecule has 0 aromatic heterocycles. The van der Waals surface area contributed by atoms with Crippen LogP contribution in [0, 0.1) is 11.6 Å². The molecule has 0 unspecified atom stereocenters. The number of carboxylic acid groups (broad SMARTS) is 1. The fourth-order valence-corrected chi connectivity index (χ4v) is 2.23. The summed E-state index contributed by atoms with van der Waals surface area (Å²) in [4.78, 5) is 22.3. The largest absolute Gasteiger partial charge is 0.494 e. The molecule has 0 saturated heterocycles. The number of amides is 1. The predicted octanol–water partition coefficient (Wildman–Crippen LogP) is 3.07. The van der Waals surface area contributed by atoms with Gasteiger partial charge in [0.1, 0.15) is 17.4 Å². The maximum atomic E-state index is 13.5. The molecule has 138 valence electrons. The number of carboxylic acids is 1. The molecule has 2 rings (SSSR count). The number of benzene rings is 2. The second-order valence-corrected chi connectivity index (χ2v) is 5.68. The lowest BCUT2D eigenvalue weighted by molar-refractivity contribution is -0.137. The average Bonchev–Trinajstić information content (AvgIpc) is 2.61. The third-order valence-electron chi connectivity index (χ3n) is 3.58. The van der Waals surface area contributed by atoms with Crippen LogP contribution in [0.4, 0.5) is 8.78 Å². The number of carbonyl (C=O) groups excluding carboxylic acids is 1. The first-order valence-electron chi connectivity index (χ1n) is 8.08. The summed E-state index contributed by atoms with van der Waals surface area (Å²) in [7, 11) is 0. The van der Waals surface area contributed by atoms with Gasteiger partial charge in [-0.15, -0.1) is 0 Å². The van der Waals surface area contributed by atoms with Crippen LogP contribution in [-0.2, 0) is 22.6 Å². The van der Waals surface area contributed by atoms with Crippen LogP contribution in [0.25, 0.3) is 0 Å². The number of aliphatic carboxylic acids is 1. The monoisotopic (exact) mass is 363 g/mol. The number of carbonyl (C=O) groups is 2. The lowest BCUT2D eigenvalue weighted by Crippen LogP contribution is -2.25. The Labute approximate surface area is 149 Å². The van der Waals surface area contributed by atoms with Crippen molar-refractivity contribution in [1.82, 2.24) is 5.32 Å². The highest BCUT2D eigenvalue weighted by molar-refractivity contribution is 5.78. The van der Waals surface area contributed by atoms with Gasteiger partial charge in [-0.25, -0.2) is 8.78 Å². The topological polar surface area (TPSA) is 75.6 Å². The normalized spacial score (nSPS) is 10.4. The van der Waals surface area contributed by atoms with Gasteiger partial charge in [0.25, 0.3) is 0 Å². The van der Waals surface area contributed by atoms with E-state index in [0.717, 1.165) is 23.8 Å². The van der Waals surface area contributed by atoms with E-state index >= 15 is 0 Å². The van der Waals surface area contributed by atoms with Gasteiger partial charge in [-0.05, 0) is 42.3 Å². The fraction of sp³-hybridized carbons (Fsp3) is 0.263. The van der Waals surface area contributed by atoms with E-state index < -0.39 is 23.5 Å². The molecule has 0 radical (unpaired) electrons. The molecule has 26 heavy (non-hydrogen) atoms. The zero-order chi connectivity index (χ0) is 18.9. The Balaban J connectivity index is 1.77. The molecule has 0 atom stereocenters. The molecule has 0 saturated carbocycles. The van der Waals surface area contributed by atoms with Crippen LogP contribution >= 0.6 is 0 Å². The minimum atomic E-state index is -0.863. The van der Waals surface area contributed by atoms with Gasteiger partial charge in [0, 0.05) is 18.5 Å². The molecule has 0 aliphatic rings. The molecule has 1 amide bonds. The van der Waals surface area contributed by atoms with Gasteiger partial charge >= 0.3 is 5.97 Å². The number of rotatable bonds is 9. The quantitative estimate of drug-likeness (QED) is 0.672. The van der Waals surface area contributed by atoms with Crippen LogP contribution in [-0.4, -0.2) is 23.6 Å². The van der Waals surface area contributed by atoms with Gasteiger partial charge < -0.3 is 15.2 Å². The Bertz CT molecular complexity index is 763. The van der Waals surface area contributed by atoms with Crippen molar-refractivity contribution in [2.24, 2.45) is 0 Å². The second kappa shape index (κ2) is 9.50. The molecule has 7 heteroatoms. The summed E-state index contributed by atoms with van der Waals surface area (Å²) in [5, 5.41) is 11.2. The number of nitrogens with one attached hydrogen (secondary N) is 1. The van der Waals surface area contributed by atoms with Crippen molar-refractivity contribution in [3.63, 3.8) is 0 Å². The number of halogens is 2. The lowest BCUT2D eigenvalue weighted by Gasteiger charge is -2.08. The number of ether oxygens (including phenoxy) is 1. The minimum Gasteiger partial charge on any atom is -0.494 e. The molecule has 5 nitrogen and oxygen atoms in total. The van der Waals surface area contributed by atoms with E-state index in [2.05, 4.69) is 5.32 Å². The lowest BCUT2D eigenvalue weighted by atomic mass is 10.1. The van der Waals surface area contributed by atoms with Crippen LogP contribution < -0.4 is 10.1 Å². The van der Waals surface area contributed by atoms with Crippen LogP contribution in [0.15, 0.2) is 42.5 Å². The van der Waals surface area contributed by atoms with E-state index in [1.807, 2.05) is 0 Å². The summed E-state index contributed by atoms with van der Waals surface area (Å²) in [5.74, 6) is -1.88. The van der Waals surface area contributed by atoms with E-state index in [4.69, 9.17) is 9.84 Å². The summed E-state index contributed by atoms with van der Waals surface area (Å²) >= 11 is 0. The summed E-state index contributed by atoms with van der Waals surface area (Å²) in [6.07, 6.45) is 0.230. The molecular weight excluding hydrogens is 344 g/mol. The molecule has 0 fully saturated rings. The molecule has 0 bridgehead atoms. The van der Waals surface area contributed by atoms with E-state index in [0.29, 0.717) is 18.8 Å². The molecule has 2 aromatic carbocycles. The van der Waals surface area contributed by atoms with Gasteiger partial charge in [0.15, 0.2) is 0 Å². The highest BCUT2D eigenvalue weighted by atomic mass is 19.1. The highest BCUT2D eigenvalue weighted by Gasteiger charge is 2.09. The van der Waals surface area contributed by atoms with E-state index in [-0.39, 0.29) is 24.9 Å². The van der Waals surface area contributed by atoms with Crippen LogP contribution in [0.3, 0.4) is 0 Å². The summed E-state index contributed by atoms with van der Waals surface area (Å²) < 4.78 is 32.0. The van der Waals surface area contributed by atoms with Crippen LogP contribution in [0.5, 0.6) is 5.75 Å². The van der Waals surface area contributed by atoms with Crippen molar-refractivity contribution in [2.45, 2.75) is 25.8 Å². The van der Waals surface area contributed by atoms with Gasteiger partial charge in [-0.1, -0.05) is 12.1 Å². The Hall–Kier alpha value is -2.96. The summed E-state index contributed by atoms with van der Waals surface area (Å²) in [6, 6.07) is 9.95. The third kappa shape index (κ3) is 6.51. The van der Waals surface area contributed by atoms with Crippen LogP contribution in [0.2, 0.25) is 0 Å². The highest BCUT2D eigenvalue weighted by Crippen LogP contribution is 2.13. The molecular formula is C19H19F2NO4. The Morgan fingerprint density at radius 1 is 1.08 bits per heavy atom. The summed E-state index contributed by atoms with van der Waals surface area (Å²) in [6.45, 7) is 0.552.